The third kappa shape index (κ3) is 8.25. The molecule has 1 heterocycles. The molecule has 1 aromatic heterocycles. The van der Waals surface area contributed by atoms with E-state index in [1.165, 1.54) is 0 Å². The van der Waals surface area contributed by atoms with Crippen LogP contribution >= 0.6 is 19.1 Å². The SMILES string of the molecule is CCOP(=O)(C/C(=C\CCCSc1nccn1C)C(=O)O)CC(C)C. The zero-order chi connectivity index (χ0) is 18.9. The molecule has 25 heavy (non-hydrogen) atoms. The van der Waals surface area contributed by atoms with E-state index in [0.29, 0.717) is 19.2 Å². The second kappa shape index (κ2) is 10.8. The fourth-order valence-corrected chi connectivity index (χ4v) is 6.03. The number of hydrogen-bond acceptors (Lipinski definition) is 5. The Labute approximate surface area is 154 Å². The minimum absolute atomic E-state index is 0.000855. The number of carbonyl (C=O) groups is 1. The first kappa shape index (κ1) is 22.0. The van der Waals surface area contributed by atoms with Gasteiger partial charge in [0, 0.05) is 36.9 Å². The molecule has 0 aliphatic heterocycles. The van der Waals surface area contributed by atoms with Crippen LogP contribution in [0.2, 0.25) is 0 Å². The first-order chi connectivity index (χ1) is 11.8. The van der Waals surface area contributed by atoms with Crippen molar-refractivity contribution in [1.29, 1.82) is 0 Å². The van der Waals surface area contributed by atoms with Gasteiger partial charge in [0.2, 0.25) is 7.37 Å². The summed E-state index contributed by atoms with van der Waals surface area (Å²) in [6.07, 6.45) is 7.20. The predicted octanol–water partition coefficient (Wildman–Crippen LogP) is 4.27. The van der Waals surface area contributed by atoms with Gasteiger partial charge in [-0.15, -0.1) is 0 Å². The van der Waals surface area contributed by atoms with Crippen molar-refractivity contribution >= 4 is 25.1 Å². The van der Waals surface area contributed by atoms with Crippen molar-refractivity contribution in [3.05, 3.63) is 24.0 Å². The molecular weight excluding hydrogens is 359 g/mol. The zero-order valence-corrected chi connectivity index (χ0v) is 17.2. The number of nitrogens with zero attached hydrogens (tertiary/aromatic N) is 2. The Morgan fingerprint density at radius 1 is 1.52 bits per heavy atom. The van der Waals surface area contributed by atoms with Crippen LogP contribution in [0.4, 0.5) is 0 Å². The van der Waals surface area contributed by atoms with E-state index in [1.54, 1.807) is 31.0 Å². The summed E-state index contributed by atoms with van der Waals surface area (Å²) >= 11 is 1.64. The number of unbranched alkanes of at least 4 members (excludes halogenated alkanes) is 1. The van der Waals surface area contributed by atoms with Gasteiger partial charge in [-0.05, 0) is 25.7 Å². The second-order valence-corrected chi connectivity index (χ2v) is 9.94. The van der Waals surface area contributed by atoms with E-state index in [2.05, 4.69) is 4.98 Å². The Morgan fingerprint density at radius 2 is 2.24 bits per heavy atom. The number of aryl methyl sites for hydroxylation is 1. The molecule has 142 valence electrons. The summed E-state index contributed by atoms with van der Waals surface area (Å²) < 4.78 is 20.3. The van der Waals surface area contributed by atoms with Gasteiger partial charge >= 0.3 is 5.97 Å². The van der Waals surface area contributed by atoms with Crippen LogP contribution in [0.25, 0.3) is 0 Å². The number of aliphatic carboxylic acids is 1. The molecule has 1 atom stereocenters. The van der Waals surface area contributed by atoms with Crippen molar-refractivity contribution in [2.45, 2.75) is 38.8 Å². The number of thioether (sulfide) groups is 1. The van der Waals surface area contributed by atoms with Crippen LogP contribution in [0.5, 0.6) is 0 Å². The number of imidazole rings is 1. The molecule has 0 aromatic carbocycles. The topological polar surface area (TPSA) is 81.4 Å². The molecule has 1 rings (SSSR count). The Balaban J connectivity index is 2.59. The molecule has 0 aliphatic rings. The minimum atomic E-state index is -2.95. The van der Waals surface area contributed by atoms with Crippen LogP contribution in [-0.2, 0) is 20.9 Å². The average Bonchev–Trinajstić information content (AvgIpc) is 2.90. The van der Waals surface area contributed by atoms with Crippen LogP contribution in [0, 0.1) is 5.92 Å². The number of aromatic nitrogens is 2. The summed E-state index contributed by atoms with van der Waals surface area (Å²) in [7, 11) is -1.01. The molecule has 1 N–H and O–H groups in total. The van der Waals surface area contributed by atoms with Gasteiger partial charge in [-0.1, -0.05) is 31.7 Å². The van der Waals surface area contributed by atoms with Crippen LogP contribution in [-0.4, -0.2) is 45.3 Å². The quantitative estimate of drug-likeness (QED) is 0.249. The first-order valence-corrected chi connectivity index (χ1v) is 11.5. The minimum Gasteiger partial charge on any atom is -0.478 e. The maximum atomic E-state index is 12.9. The van der Waals surface area contributed by atoms with Gasteiger partial charge in [0.1, 0.15) is 0 Å². The smallest absolute Gasteiger partial charge is 0.331 e. The zero-order valence-electron chi connectivity index (χ0n) is 15.5. The maximum absolute atomic E-state index is 12.9. The highest BCUT2D eigenvalue weighted by Crippen LogP contribution is 2.50. The van der Waals surface area contributed by atoms with E-state index in [9.17, 15) is 14.5 Å². The Kier molecular flexibility index (Phi) is 9.54. The largest absolute Gasteiger partial charge is 0.478 e. The summed E-state index contributed by atoms with van der Waals surface area (Å²) in [6, 6.07) is 0. The maximum Gasteiger partial charge on any atom is 0.331 e. The Morgan fingerprint density at radius 3 is 2.76 bits per heavy atom. The number of carboxylic acids is 1. The van der Waals surface area contributed by atoms with Gasteiger partial charge in [-0.25, -0.2) is 9.78 Å². The molecule has 0 amide bonds. The average molecular weight is 388 g/mol. The van der Waals surface area contributed by atoms with Crippen molar-refractivity contribution in [3.8, 4) is 0 Å². The van der Waals surface area contributed by atoms with Crippen molar-refractivity contribution in [3.63, 3.8) is 0 Å². The lowest BCUT2D eigenvalue weighted by atomic mass is 10.2. The van der Waals surface area contributed by atoms with Gasteiger partial charge in [0.15, 0.2) is 5.16 Å². The van der Waals surface area contributed by atoms with Crippen molar-refractivity contribution in [1.82, 2.24) is 9.55 Å². The van der Waals surface area contributed by atoms with E-state index in [4.69, 9.17) is 4.52 Å². The molecular formula is C17H29N2O4PS. The van der Waals surface area contributed by atoms with Gasteiger partial charge in [0.05, 0.1) is 12.8 Å². The molecule has 0 fully saturated rings. The van der Waals surface area contributed by atoms with Crippen molar-refractivity contribution < 1.29 is 19.0 Å². The number of rotatable bonds is 12. The fraction of sp³-hybridized carbons (Fsp3) is 0.647. The van der Waals surface area contributed by atoms with Gasteiger partial charge in [-0.3, -0.25) is 4.57 Å². The molecule has 1 unspecified atom stereocenters. The second-order valence-electron chi connectivity index (χ2n) is 6.31. The Hall–Kier alpha value is -1.04. The van der Waals surface area contributed by atoms with Gasteiger partial charge in [0.25, 0.3) is 0 Å². The normalized spacial score (nSPS) is 14.7. The molecule has 0 saturated heterocycles. The van der Waals surface area contributed by atoms with Crippen LogP contribution in [0.1, 0.15) is 33.6 Å². The van der Waals surface area contributed by atoms with E-state index in [1.807, 2.05) is 31.7 Å². The fourth-order valence-electron chi connectivity index (χ4n) is 2.45. The third-order valence-corrected chi connectivity index (χ3v) is 7.42. The lowest BCUT2D eigenvalue weighted by molar-refractivity contribution is -0.132. The van der Waals surface area contributed by atoms with Crippen molar-refractivity contribution in [2.75, 3.05) is 24.7 Å². The molecule has 0 aliphatic carbocycles. The lowest BCUT2D eigenvalue weighted by Gasteiger charge is -2.20. The molecule has 0 spiro atoms. The van der Waals surface area contributed by atoms with Crippen LogP contribution < -0.4 is 0 Å². The van der Waals surface area contributed by atoms with E-state index in [0.717, 1.165) is 17.3 Å². The standard InChI is InChI=1S/C17H29N2O4PS/c1-5-23-24(22,12-14(2)3)13-15(16(20)21)8-6-7-11-25-17-18-9-10-19(17)4/h8-10,14H,5-7,11-13H2,1-4H3,(H,20,21)/b15-8+. The molecule has 6 nitrogen and oxygen atoms in total. The van der Waals surface area contributed by atoms with E-state index >= 15 is 0 Å². The monoisotopic (exact) mass is 388 g/mol. The Bertz CT molecular complexity index is 628. The number of allylic oxidation sites excluding steroid dienone is 1. The molecule has 8 heteroatoms. The van der Waals surface area contributed by atoms with E-state index < -0.39 is 13.3 Å². The molecule has 0 saturated carbocycles. The molecule has 1 aromatic rings. The highest BCUT2D eigenvalue weighted by Gasteiger charge is 2.27. The highest BCUT2D eigenvalue weighted by molar-refractivity contribution is 7.99. The predicted molar refractivity (Wildman–Crippen MR) is 103 cm³/mol. The van der Waals surface area contributed by atoms with Crippen LogP contribution in [0.15, 0.2) is 29.2 Å². The lowest BCUT2D eigenvalue weighted by Crippen LogP contribution is -2.12. The van der Waals surface area contributed by atoms with Gasteiger partial charge in [-0.2, -0.15) is 0 Å². The summed E-state index contributed by atoms with van der Waals surface area (Å²) in [4.78, 5) is 15.7. The summed E-state index contributed by atoms with van der Waals surface area (Å²) in [5.74, 6) is 0.0330. The van der Waals surface area contributed by atoms with Crippen molar-refractivity contribution in [2.24, 2.45) is 13.0 Å². The number of carboxylic acid groups (broad SMARTS) is 1. The summed E-state index contributed by atoms with van der Waals surface area (Å²) in [6.45, 7) is 6.04. The summed E-state index contributed by atoms with van der Waals surface area (Å²) in [5, 5.41) is 10.4. The summed E-state index contributed by atoms with van der Waals surface area (Å²) in [5.41, 5.74) is 0.194. The van der Waals surface area contributed by atoms with Crippen LogP contribution in [0.3, 0.4) is 0 Å². The molecule has 0 radical (unpaired) electrons. The first-order valence-electron chi connectivity index (χ1n) is 8.52. The van der Waals surface area contributed by atoms with Gasteiger partial charge < -0.3 is 14.2 Å². The highest BCUT2D eigenvalue weighted by atomic mass is 32.2. The number of hydrogen-bond donors (Lipinski definition) is 1. The van der Waals surface area contributed by atoms with E-state index in [-0.39, 0.29) is 17.7 Å². The molecule has 0 bridgehead atoms. The third-order valence-electron chi connectivity index (χ3n) is 3.44.